The van der Waals surface area contributed by atoms with Gasteiger partial charge in [-0.25, -0.2) is 4.98 Å². The Morgan fingerprint density at radius 3 is 2.74 bits per heavy atom. The molecule has 0 radical (unpaired) electrons. The summed E-state index contributed by atoms with van der Waals surface area (Å²) in [6.07, 6.45) is 8.59. The van der Waals surface area contributed by atoms with Crippen LogP contribution in [0.25, 0.3) is 17.1 Å². The second-order valence-electron chi connectivity index (χ2n) is 5.50. The van der Waals surface area contributed by atoms with Gasteiger partial charge in [0.1, 0.15) is 0 Å². The standard InChI is InChI=1S/C21H18N2O3S/c1-4-13-27-21-22-16-7-5-6-8-17(16)23(21)20(24)12-10-15-9-11-18(25-2)19(14-15)26-3/h1,5-12,14H,13H2,2-3H3. The average Bonchev–Trinajstić information content (AvgIpc) is 3.08. The predicted molar refractivity (Wildman–Crippen MR) is 108 cm³/mol. The quantitative estimate of drug-likeness (QED) is 0.367. The van der Waals surface area contributed by atoms with Gasteiger partial charge in [0.2, 0.25) is 0 Å². The maximum absolute atomic E-state index is 12.9. The first-order chi connectivity index (χ1) is 13.2. The first-order valence-electron chi connectivity index (χ1n) is 8.16. The molecule has 2 aromatic carbocycles. The van der Waals surface area contributed by atoms with Crippen LogP contribution in [0.3, 0.4) is 0 Å². The Balaban J connectivity index is 1.94. The van der Waals surface area contributed by atoms with Crippen molar-refractivity contribution in [1.29, 1.82) is 0 Å². The van der Waals surface area contributed by atoms with Gasteiger partial charge in [0.05, 0.1) is 31.0 Å². The molecule has 0 aliphatic heterocycles. The Labute approximate surface area is 162 Å². The highest BCUT2D eigenvalue weighted by atomic mass is 32.2. The van der Waals surface area contributed by atoms with Gasteiger partial charge in [-0.2, -0.15) is 0 Å². The monoisotopic (exact) mass is 378 g/mol. The Hall–Kier alpha value is -3.17. The highest BCUT2D eigenvalue weighted by Gasteiger charge is 2.15. The topological polar surface area (TPSA) is 53.4 Å². The summed E-state index contributed by atoms with van der Waals surface area (Å²) in [5, 5.41) is 0.580. The van der Waals surface area contributed by atoms with Gasteiger partial charge in [0.15, 0.2) is 16.7 Å². The van der Waals surface area contributed by atoms with Gasteiger partial charge < -0.3 is 9.47 Å². The summed E-state index contributed by atoms with van der Waals surface area (Å²) in [5.74, 6) is 4.04. The molecule has 0 aliphatic rings. The third kappa shape index (κ3) is 3.99. The van der Waals surface area contributed by atoms with Gasteiger partial charge in [-0.05, 0) is 35.9 Å². The molecule has 5 nitrogen and oxygen atoms in total. The number of thioether (sulfide) groups is 1. The van der Waals surface area contributed by atoms with Gasteiger partial charge >= 0.3 is 0 Å². The zero-order valence-corrected chi connectivity index (χ0v) is 15.8. The molecule has 0 amide bonds. The van der Waals surface area contributed by atoms with E-state index in [2.05, 4.69) is 10.9 Å². The minimum absolute atomic E-state index is 0.196. The molecule has 0 unspecified atom stereocenters. The van der Waals surface area contributed by atoms with Gasteiger partial charge in [-0.3, -0.25) is 9.36 Å². The number of fused-ring (bicyclic) bond motifs is 1. The Bertz CT molecular complexity index is 1050. The first kappa shape index (κ1) is 18.6. The number of nitrogens with zero attached hydrogens (tertiary/aromatic N) is 2. The number of benzene rings is 2. The molecule has 0 atom stereocenters. The van der Waals surface area contributed by atoms with E-state index in [1.165, 1.54) is 17.8 Å². The van der Waals surface area contributed by atoms with Gasteiger partial charge in [-0.15, -0.1) is 6.42 Å². The zero-order valence-electron chi connectivity index (χ0n) is 15.0. The van der Waals surface area contributed by atoms with Crippen LogP contribution in [0.4, 0.5) is 0 Å². The van der Waals surface area contributed by atoms with E-state index in [0.29, 0.717) is 22.4 Å². The SMILES string of the molecule is C#CCSc1nc2ccccc2n1C(=O)C=Cc1ccc(OC)c(OC)c1. The van der Waals surface area contributed by atoms with Crippen molar-refractivity contribution >= 4 is 34.8 Å². The molecule has 6 heteroatoms. The molecule has 1 aromatic heterocycles. The molecule has 27 heavy (non-hydrogen) atoms. The lowest BCUT2D eigenvalue weighted by Crippen LogP contribution is -2.08. The molecule has 0 N–H and O–H groups in total. The lowest BCUT2D eigenvalue weighted by molar-refractivity contribution is 0.0965. The number of methoxy groups -OCH3 is 2. The number of aromatic nitrogens is 2. The fraction of sp³-hybridized carbons (Fsp3) is 0.143. The van der Waals surface area contributed by atoms with Gasteiger partial charge in [0, 0.05) is 6.08 Å². The molecule has 0 saturated carbocycles. The van der Waals surface area contributed by atoms with Crippen molar-refractivity contribution in [2.45, 2.75) is 5.16 Å². The minimum Gasteiger partial charge on any atom is -0.493 e. The van der Waals surface area contributed by atoms with E-state index in [1.807, 2.05) is 36.4 Å². The molecular formula is C21H18N2O3S. The number of para-hydroxylation sites is 2. The fourth-order valence-corrected chi connectivity index (χ4v) is 3.31. The number of allylic oxidation sites excluding steroid dienone is 1. The number of rotatable bonds is 6. The largest absolute Gasteiger partial charge is 0.493 e. The number of imidazole rings is 1. The Morgan fingerprint density at radius 2 is 2.00 bits per heavy atom. The van der Waals surface area contributed by atoms with Crippen molar-refractivity contribution < 1.29 is 14.3 Å². The van der Waals surface area contributed by atoms with Gasteiger partial charge in [0.25, 0.3) is 5.91 Å². The Kier molecular flexibility index (Phi) is 5.84. The maximum atomic E-state index is 12.9. The van der Waals surface area contributed by atoms with Crippen LogP contribution in [0.15, 0.2) is 53.7 Å². The highest BCUT2D eigenvalue weighted by molar-refractivity contribution is 7.99. The number of ether oxygens (including phenoxy) is 2. The number of hydrogen-bond acceptors (Lipinski definition) is 5. The van der Waals surface area contributed by atoms with Crippen LogP contribution in [0.2, 0.25) is 0 Å². The van der Waals surface area contributed by atoms with Crippen LogP contribution in [-0.2, 0) is 0 Å². The Morgan fingerprint density at radius 1 is 1.22 bits per heavy atom. The number of carbonyl (C=O) groups is 1. The van der Waals surface area contributed by atoms with Crippen LogP contribution in [0.1, 0.15) is 10.4 Å². The fourth-order valence-electron chi connectivity index (χ4n) is 2.62. The van der Waals surface area contributed by atoms with E-state index < -0.39 is 0 Å². The lowest BCUT2D eigenvalue weighted by Gasteiger charge is -2.07. The van der Waals surface area contributed by atoms with Crippen molar-refractivity contribution in [1.82, 2.24) is 9.55 Å². The van der Waals surface area contributed by atoms with E-state index in [4.69, 9.17) is 15.9 Å². The van der Waals surface area contributed by atoms with Crippen molar-refractivity contribution in [2.75, 3.05) is 20.0 Å². The van der Waals surface area contributed by atoms with Crippen molar-refractivity contribution in [3.05, 3.63) is 54.1 Å². The lowest BCUT2D eigenvalue weighted by atomic mass is 10.2. The third-order valence-corrected chi connectivity index (χ3v) is 4.70. The summed E-state index contributed by atoms with van der Waals surface area (Å²) < 4.78 is 12.1. The molecule has 0 fully saturated rings. The van der Waals surface area contributed by atoms with Crippen LogP contribution < -0.4 is 9.47 Å². The average molecular weight is 378 g/mol. The first-order valence-corrected chi connectivity index (χ1v) is 9.14. The van der Waals surface area contributed by atoms with E-state index in [-0.39, 0.29) is 5.91 Å². The summed E-state index contributed by atoms with van der Waals surface area (Å²) >= 11 is 1.36. The predicted octanol–water partition coefficient (Wildman–Crippen LogP) is 4.13. The van der Waals surface area contributed by atoms with E-state index in [0.717, 1.165) is 16.6 Å². The smallest absolute Gasteiger partial charge is 0.257 e. The van der Waals surface area contributed by atoms with Crippen molar-refractivity contribution in [3.63, 3.8) is 0 Å². The second kappa shape index (κ2) is 8.47. The summed E-state index contributed by atoms with van der Waals surface area (Å²) in [5.41, 5.74) is 2.33. The number of hydrogen-bond donors (Lipinski definition) is 0. The number of terminal acetylenes is 1. The van der Waals surface area contributed by atoms with E-state index >= 15 is 0 Å². The van der Waals surface area contributed by atoms with Crippen LogP contribution >= 0.6 is 11.8 Å². The molecule has 0 bridgehead atoms. The number of carbonyl (C=O) groups excluding carboxylic acids is 1. The molecule has 3 aromatic rings. The summed E-state index contributed by atoms with van der Waals surface area (Å²) in [6, 6.07) is 13.0. The van der Waals surface area contributed by atoms with Crippen molar-refractivity contribution in [3.8, 4) is 23.8 Å². The van der Waals surface area contributed by atoms with Crippen LogP contribution in [-0.4, -0.2) is 35.4 Å². The zero-order chi connectivity index (χ0) is 19.2. The van der Waals surface area contributed by atoms with Crippen LogP contribution in [0.5, 0.6) is 11.5 Å². The summed E-state index contributed by atoms with van der Waals surface area (Å²) in [4.78, 5) is 17.4. The van der Waals surface area contributed by atoms with Crippen molar-refractivity contribution in [2.24, 2.45) is 0 Å². The summed E-state index contributed by atoms with van der Waals surface area (Å²) in [7, 11) is 3.15. The molecule has 3 rings (SSSR count). The normalized spacial score (nSPS) is 10.9. The molecule has 136 valence electrons. The maximum Gasteiger partial charge on any atom is 0.257 e. The summed E-state index contributed by atoms with van der Waals surface area (Å²) in [6.45, 7) is 0. The second-order valence-corrected chi connectivity index (χ2v) is 6.44. The van der Waals surface area contributed by atoms with E-state index in [1.54, 1.807) is 30.9 Å². The van der Waals surface area contributed by atoms with Crippen LogP contribution in [0, 0.1) is 12.3 Å². The molecule has 1 heterocycles. The van der Waals surface area contributed by atoms with Gasteiger partial charge in [-0.1, -0.05) is 35.9 Å². The highest BCUT2D eigenvalue weighted by Crippen LogP contribution is 2.28. The third-order valence-electron chi connectivity index (χ3n) is 3.86. The van der Waals surface area contributed by atoms with E-state index in [9.17, 15) is 4.79 Å². The minimum atomic E-state index is -0.196. The molecular weight excluding hydrogens is 360 g/mol. The molecule has 0 spiro atoms. The molecule has 0 aliphatic carbocycles. The molecule has 0 saturated heterocycles.